The molecule has 1 saturated carbocycles. The van der Waals surface area contributed by atoms with Gasteiger partial charge in [-0.15, -0.1) is 0 Å². The van der Waals surface area contributed by atoms with Gasteiger partial charge < -0.3 is 19.8 Å². The maximum atomic E-state index is 6.24. The number of nitrogens with one attached hydrogen (secondary N) is 1. The zero-order valence-electron chi connectivity index (χ0n) is 15.8. The van der Waals surface area contributed by atoms with E-state index in [1.54, 1.807) is 7.11 Å². The van der Waals surface area contributed by atoms with E-state index in [1.807, 2.05) is 6.07 Å². The van der Waals surface area contributed by atoms with Crippen LogP contribution in [-0.4, -0.2) is 24.7 Å². The Labute approximate surface area is 159 Å². The summed E-state index contributed by atoms with van der Waals surface area (Å²) in [6.45, 7) is 1.09. The van der Waals surface area contributed by atoms with Gasteiger partial charge in [0, 0.05) is 22.9 Å². The maximum Gasteiger partial charge on any atom is 0.153 e. The monoisotopic (exact) mass is 363 g/mol. The van der Waals surface area contributed by atoms with Crippen LogP contribution in [0.25, 0.3) is 10.9 Å². The van der Waals surface area contributed by atoms with Crippen molar-refractivity contribution < 1.29 is 14.8 Å². The molecule has 0 amide bonds. The van der Waals surface area contributed by atoms with Crippen LogP contribution in [-0.2, 0) is 6.42 Å². The van der Waals surface area contributed by atoms with Crippen molar-refractivity contribution in [3.05, 3.63) is 59.3 Å². The standard InChI is InChI=1S/C23H26N2O2/c1-26-17-9-10-21-20(14-17)19-11-12-24-22(23(19)25-21)15-5-4-8-18(13-15)27-16-6-2-3-7-16/h4-5,8-10,13-14,16,22,24-25H,2-3,6-7,11-12H2,1H3/p+1/t22-/m1/s1. The van der Waals surface area contributed by atoms with Gasteiger partial charge in [0.05, 0.1) is 25.5 Å². The van der Waals surface area contributed by atoms with Crippen molar-refractivity contribution in [2.24, 2.45) is 0 Å². The van der Waals surface area contributed by atoms with Gasteiger partial charge in [0.2, 0.25) is 0 Å². The van der Waals surface area contributed by atoms with E-state index in [0.717, 1.165) is 24.5 Å². The highest BCUT2D eigenvalue weighted by Gasteiger charge is 2.29. The molecule has 2 aliphatic rings. The molecular formula is C23H27N2O2+. The Morgan fingerprint density at radius 1 is 1.04 bits per heavy atom. The molecule has 1 aliphatic carbocycles. The first kappa shape index (κ1) is 16.7. The largest absolute Gasteiger partial charge is 0.497 e. The summed E-state index contributed by atoms with van der Waals surface area (Å²) in [5, 5.41) is 3.73. The summed E-state index contributed by atoms with van der Waals surface area (Å²) in [5.41, 5.74) is 5.26. The number of hydrogen-bond acceptors (Lipinski definition) is 2. The van der Waals surface area contributed by atoms with Gasteiger partial charge in [-0.1, -0.05) is 12.1 Å². The minimum Gasteiger partial charge on any atom is -0.497 e. The molecule has 1 aromatic heterocycles. The quantitative estimate of drug-likeness (QED) is 0.742. The number of benzene rings is 2. The second-order valence-corrected chi connectivity index (χ2v) is 7.78. The topological polar surface area (TPSA) is 50.9 Å². The van der Waals surface area contributed by atoms with Crippen molar-refractivity contribution in [2.75, 3.05) is 13.7 Å². The average Bonchev–Trinajstić information content (AvgIpc) is 3.35. The number of fused-ring (bicyclic) bond motifs is 3. The highest BCUT2D eigenvalue weighted by molar-refractivity contribution is 5.86. The molecule has 140 valence electrons. The summed E-state index contributed by atoms with van der Waals surface area (Å²) < 4.78 is 11.7. The first-order valence-corrected chi connectivity index (χ1v) is 10.1. The van der Waals surface area contributed by atoms with Gasteiger partial charge in [0.1, 0.15) is 11.5 Å². The first-order valence-electron chi connectivity index (χ1n) is 10.1. The molecule has 0 radical (unpaired) electrons. The highest BCUT2D eigenvalue weighted by atomic mass is 16.5. The lowest BCUT2D eigenvalue weighted by atomic mass is 9.94. The number of methoxy groups -OCH3 is 1. The fourth-order valence-corrected chi connectivity index (χ4v) is 4.70. The van der Waals surface area contributed by atoms with Crippen LogP contribution < -0.4 is 14.8 Å². The molecule has 4 heteroatoms. The molecular weight excluding hydrogens is 336 g/mol. The van der Waals surface area contributed by atoms with E-state index in [1.165, 1.54) is 53.4 Å². The van der Waals surface area contributed by atoms with Crippen molar-refractivity contribution in [1.82, 2.24) is 4.98 Å². The van der Waals surface area contributed by atoms with Crippen LogP contribution in [0.5, 0.6) is 11.5 Å². The number of aromatic nitrogens is 1. The molecule has 1 atom stereocenters. The number of hydrogen-bond donors (Lipinski definition) is 2. The fourth-order valence-electron chi connectivity index (χ4n) is 4.70. The number of ether oxygens (including phenoxy) is 2. The minimum absolute atomic E-state index is 0.291. The van der Waals surface area contributed by atoms with E-state index in [2.05, 4.69) is 46.7 Å². The summed E-state index contributed by atoms with van der Waals surface area (Å²) in [7, 11) is 1.73. The van der Waals surface area contributed by atoms with Crippen LogP contribution in [0.1, 0.15) is 48.5 Å². The summed E-state index contributed by atoms with van der Waals surface area (Å²) in [5.74, 6) is 1.93. The number of nitrogens with two attached hydrogens (primary N) is 1. The Morgan fingerprint density at radius 3 is 2.78 bits per heavy atom. The van der Waals surface area contributed by atoms with Gasteiger partial charge in [-0.05, 0) is 61.6 Å². The second-order valence-electron chi connectivity index (χ2n) is 7.78. The van der Waals surface area contributed by atoms with Crippen LogP contribution in [0.2, 0.25) is 0 Å². The third-order valence-corrected chi connectivity index (χ3v) is 6.08. The van der Waals surface area contributed by atoms with E-state index in [-0.39, 0.29) is 0 Å². The lowest BCUT2D eigenvalue weighted by molar-refractivity contribution is -0.690. The molecule has 2 heterocycles. The third-order valence-electron chi connectivity index (χ3n) is 6.08. The normalized spacial score (nSPS) is 20.0. The number of quaternary nitrogens is 1. The molecule has 0 bridgehead atoms. The van der Waals surface area contributed by atoms with Gasteiger partial charge in [0.25, 0.3) is 0 Å². The highest BCUT2D eigenvalue weighted by Crippen LogP contribution is 2.34. The smallest absolute Gasteiger partial charge is 0.153 e. The van der Waals surface area contributed by atoms with Crippen molar-refractivity contribution in [1.29, 1.82) is 0 Å². The number of aromatic amines is 1. The zero-order chi connectivity index (χ0) is 18.2. The Balaban J connectivity index is 1.50. The molecule has 0 spiro atoms. The molecule has 3 aromatic rings. The van der Waals surface area contributed by atoms with Gasteiger partial charge in [-0.25, -0.2) is 0 Å². The Kier molecular flexibility index (Phi) is 4.29. The third kappa shape index (κ3) is 3.08. The van der Waals surface area contributed by atoms with Crippen LogP contribution in [0.15, 0.2) is 42.5 Å². The van der Waals surface area contributed by atoms with Crippen LogP contribution in [0.3, 0.4) is 0 Å². The molecule has 3 N–H and O–H groups in total. The molecule has 5 rings (SSSR count). The fraction of sp³-hybridized carbons (Fsp3) is 0.391. The molecule has 2 aromatic carbocycles. The van der Waals surface area contributed by atoms with Gasteiger partial charge in [-0.2, -0.15) is 0 Å². The van der Waals surface area contributed by atoms with Crippen molar-refractivity contribution in [3.8, 4) is 11.5 Å². The van der Waals surface area contributed by atoms with E-state index in [0.29, 0.717) is 12.1 Å². The van der Waals surface area contributed by atoms with E-state index in [4.69, 9.17) is 9.47 Å². The summed E-state index contributed by atoms with van der Waals surface area (Å²) in [6.07, 6.45) is 6.44. The predicted octanol–water partition coefficient (Wildman–Crippen LogP) is 3.71. The minimum atomic E-state index is 0.291. The van der Waals surface area contributed by atoms with Crippen LogP contribution in [0.4, 0.5) is 0 Å². The number of H-pyrrole nitrogens is 1. The van der Waals surface area contributed by atoms with Crippen LogP contribution in [0, 0.1) is 0 Å². The van der Waals surface area contributed by atoms with Crippen LogP contribution >= 0.6 is 0 Å². The molecule has 0 unspecified atom stereocenters. The lowest BCUT2D eigenvalue weighted by Crippen LogP contribution is -2.87. The summed E-state index contributed by atoms with van der Waals surface area (Å²) >= 11 is 0. The Morgan fingerprint density at radius 2 is 1.93 bits per heavy atom. The van der Waals surface area contributed by atoms with Crippen molar-refractivity contribution >= 4 is 10.9 Å². The SMILES string of the molecule is COc1ccc2[nH]c3c(c2c1)CC[NH2+][C@@H]3c1cccc(OC2CCCC2)c1. The summed E-state index contributed by atoms with van der Waals surface area (Å²) in [6, 6.07) is 15.3. The van der Waals surface area contributed by atoms with E-state index in [9.17, 15) is 0 Å². The summed E-state index contributed by atoms with van der Waals surface area (Å²) in [4.78, 5) is 3.68. The zero-order valence-corrected chi connectivity index (χ0v) is 15.8. The Bertz CT molecular complexity index is 956. The molecule has 1 aliphatic heterocycles. The molecule has 4 nitrogen and oxygen atoms in total. The lowest BCUT2D eigenvalue weighted by Gasteiger charge is -2.22. The van der Waals surface area contributed by atoms with E-state index >= 15 is 0 Å². The first-order chi connectivity index (χ1) is 13.3. The number of rotatable bonds is 4. The molecule has 27 heavy (non-hydrogen) atoms. The predicted molar refractivity (Wildman–Crippen MR) is 107 cm³/mol. The Hall–Kier alpha value is -2.46. The van der Waals surface area contributed by atoms with Gasteiger partial charge in [-0.3, -0.25) is 0 Å². The van der Waals surface area contributed by atoms with Gasteiger partial charge in [0.15, 0.2) is 6.04 Å². The maximum absolute atomic E-state index is 6.24. The van der Waals surface area contributed by atoms with Crippen molar-refractivity contribution in [2.45, 2.75) is 44.2 Å². The molecule has 0 saturated heterocycles. The van der Waals surface area contributed by atoms with Crippen molar-refractivity contribution in [3.63, 3.8) is 0 Å². The average molecular weight is 363 g/mol. The van der Waals surface area contributed by atoms with Gasteiger partial charge >= 0.3 is 0 Å². The molecule has 1 fully saturated rings. The van der Waals surface area contributed by atoms with E-state index < -0.39 is 0 Å². The second kappa shape index (κ2) is 6.93.